The second-order valence-corrected chi connectivity index (χ2v) is 7.40. The summed E-state index contributed by atoms with van der Waals surface area (Å²) in [6, 6.07) is 18.7. The van der Waals surface area contributed by atoms with Gasteiger partial charge in [0.15, 0.2) is 0 Å². The van der Waals surface area contributed by atoms with Crippen molar-refractivity contribution in [2.24, 2.45) is 0 Å². The number of hydrogen-bond acceptors (Lipinski definition) is 2. The van der Waals surface area contributed by atoms with Gasteiger partial charge in [-0.05, 0) is 50.7 Å². The Morgan fingerprint density at radius 3 is 2.04 bits per heavy atom. The van der Waals surface area contributed by atoms with Crippen LogP contribution in [0.3, 0.4) is 0 Å². The van der Waals surface area contributed by atoms with Gasteiger partial charge in [-0.2, -0.15) is 0 Å². The molecule has 0 fully saturated rings. The Hall–Kier alpha value is -3.14. The van der Waals surface area contributed by atoms with Gasteiger partial charge in [0.1, 0.15) is 5.54 Å². The summed E-state index contributed by atoms with van der Waals surface area (Å²) < 4.78 is 0. The third-order valence-corrected chi connectivity index (χ3v) is 5.97. The van der Waals surface area contributed by atoms with Crippen molar-refractivity contribution in [1.82, 2.24) is 5.32 Å². The lowest BCUT2D eigenvalue weighted by Gasteiger charge is -2.28. The lowest BCUT2D eigenvalue weighted by molar-refractivity contribution is -0.148. The zero-order valence-corrected chi connectivity index (χ0v) is 16.1. The van der Waals surface area contributed by atoms with Crippen molar-refractivity contribution in [2.75, 3.05) is 0 Å². The van der Waals surface area contributed by atoms with Crippen LogP contribution in [0.5, 0.6) is 0 Å². The Balaban J connectivity index is 1.77. The van der Waals surface area contributed by atoms with E-state index in [9.17, 15) is 14.7 Å². The van der Waals surface area contributed by atoms with Crippen LogP contribution in [0.25, 0.3) is 32.3 Å². The van der Waals surface area contributed by atoms with E-state index in [4.69, 9.17) is 0 Å². The highest BCUT2D eigenvalue weighted by Gasteiger charge is 2.36. The number of aliphatic carboxylic acids is 1. The molecule has 4 aromatic rings. The highest BCUT2D eigenvalue weighted by molar-refractivity contribution is 6.23. The molecule has 4 nitrogen and oxygen atoms in total. The maximum absolute atomic E-state index is 12.7. The molecule has 0 radical (unpaired) electrons. The van der Waals surface area contributed by atoms with Gasteiger partial charge in [0.2, 0.25) is 5.91 Å². The number of rotatable bonds is 6. The Labute approximate surface area is 163 Å². The van der Waals surface area contributed by atoms with E-state index in [1.807, 2.05) is 12.1 Å². The predicted octanol–water partition coefficient (Wildman–Crippen LogP) is 4.89. The minimum absolute atomic E-state index is 0.156. The van der Waals surface area contributed by atoms with Crippen LogP contribution in [0.4, 0.5) is 0 Å². The van der Waals surface area contributed by atoms with Crippen molar-refractivity contribution < 1.29 is 14.7 Å². The summed E-state index contributed by atoms with van der Waals surface area (Å²) in [4.78, 5) is 24.4. The first kappa shape index (κ1) is 18.2. The van der Waals surface area contributed by atoms with Gasteiger partial charge in [0.25, 0.3) is 0 Å². The Morgan fingerprint density at radius 2 is 1.43 bits per heavy atom. The molecule has 0 unspecified atom stereocenters. The smallest absolute Gasteiger partial charge is 0.329 e. The quantitative estimate of drug-likeness (QED) is 0.473. The van der Waals surface area contributed by atoms with Gasteiger partial charge in [-0.25, -0.2) is 4.79 Å². The van der Waals surface area contributed by atoms with Gasteiger partial charge in [-0.1, -0.05) is 68.4 Å². The maximum Gasteiger partial charge on any atom is 0.329 e. The lowest BCUT2D eigenvalue weighted by Crippen LogP contribution is -2.54. The summed E-state index contributed by atoms with van der Waals surface area (Å²) in [6.45, 7) is 3.57. The first-order valence-electron chi connectivity index (χ1n) is 9.69. The van der Waals surface area contributed by atoms with Gasteiger partial charge in [0, 0.05) is 0 Å². The normalized spacial score (nSPS) is 12.1. The van der Waals surface area contributed by atoms with Crippen molar-refractivity contribution >= 4 is 44.2 Å². The van der Waals surface area contributed by atoms with Gasteiger partial charge >= 0.3 is 5.97 Å². The molecule has 0 saturated heterocycles. The number of carbonyl (C=O) groups is 2. The van der Waals surface area contributed by atoms with Crippen molar-refractivity contribution in [2.45, 2.75) is 38.6 Å². The van der Waals surface area contributed by atoms with E-state index in [-0.39, 0.29) is 12.3 Å². The summed E-state index contributed by atoms with van der Waals surface area (Å²) in [7, 11) is 0. The molecule has 0 heterocycles. The zero-order valence-electron chi connectivity index (χ0n) is 16.1. The maximum atomic E-state index is 12.7. The summed E-state index contributed by atoms with van der Waals surface area (Å²) in [6.07, 6.45) is 0.856. The number of amides is 1. The van der Waals surface area contributed by atoms with E-state index in [0.29, 0.717) is 12.8 Å². The fourth-order valence-corrected chi connectivity index (χ4v) is 4.22. The Kier molecular flexibility index (Phi) is 4.42. The lowest BCUT2D eigenvalue weighted by atomic mass is 9.90. The average molecular weight is 373 g/mol. The van der Waals surface area contributed by atoms with E-state index in [0.717, 1.165) is 21.7 Å². The number of benzene rings is 4. The van der Waals surface area contributed by atoms with E-state index < -0.39 is 11.5 Å². The van der Waals surface area contributed by atoms with E-state index in [2.05, 4.69) is 47.8 Å². The van der Waals surface area contributed by atoms with Crippen LogP contribution in [0, 0.1) is 0 Å². The molecular weight excluding hydrogens is 350 g/mol. The number of nitrogens with one attached hydrogen (secondary N) is 1. The molecule has 0 aliphatic rings. The van der Waals surface area contributed by atoms with Gasteiger partial charge in [0.05, 0.1) is 6.42 Å². The highest BCUT2D eigenvalue weighted by Crippen LogP contribution is 2.36. The van der Waals surface area contributed by atoms with Crippen LogP contribution in [0.15, 0.2) is 54.6 Å². The van der Waals surface area contributed by atoms with Gasteiger partial charge in [-0.15, -0.1) is 0 Å². The summed E-state index contributed by atoms with van der Waals surface area (Å²) in [5.74, 6) is -1.25. The molecule has 28 heavy (non-hydrogen) atoms. The number of hydrogen-bond donors (Lipinski definition) is 2. The minimum atomic E-state index is -1.21. The zero-order chi connectivity index (χ0) is 19.9. The first-order valence-corrected chi connectivity index (χ1v) is 9.69. The molecular formula is C24H23NO3. The molecule has 0 bridgehead atoms. The summed E-state index contributed by atoms with van der Waals surface area (Å²) >= 11 is 0. The number of carboxylic acids is 1. The van der Waals surface area contributed by atoms with Crippen molar-refractivity contribution in [3.05, 3.63) is 60.2 Å². The highest BCUT2D eigenvalue weighted by atomic mass is 16.4. The second-order valence-electron chi connectivity index (χ2n) is 7.40. The number of carboxylic acid groups (broad SMARTS) is 1. The summed E-state index contributed by atoms with van der Waals surface area (Å²) in [5.41, 5.74) is -0.296. The molecule has 1 amide bonds. The molecule has 0 atom stereocenters. The van der Waals surface area contributed by atoms with Gasteiger partial charge < -0.3 is 10.4 Å². The van der Waals surface area contributed by atoms with Crippen LogP contribution >= 0.6 is 0 Å². The minimum Gasteiger partial charge on any atom is -0.480 e. The van der Waals surface area contributed by atoms with Gasteiger partial charge in [-0.3, -0.25) is 4.79 Å². The van der Waals surface area contributed by atoms with Crippen molar-refractivity contribution in [1.29, 1.82) is 0 Å². The predicted molar refractivity (Wildman–Crippen MR) is 113 cm³/mol. The second kappa shape index (κ2) is 6.79. The van der Waals surface area contributed by atoms with Crippen LogP contribution < -0.4 is 5.32 Å². The molecule has 0 aliphatic carbocycles. The molecule has 2 N–H and O–H groups in total. The molecule has 142 valence electrons. The standard InChI is InChI=1S/C24H23NO3/c1-3-24(4-2,23(27)28)25-20(26)14-18-11-10-17-9-8-15-6-5-7-16-12-13-19(18)22(17)21(15)16/h5-13H,3-4,14H2,1-2H3,(H,25,26)(H,27,28). The topological polar surface area (TPSA) is 66.4 Å². The first-order chi connectivity index (χ1) is 13.5. The van der Waals surface area contributed by atoms with Crippen molar-refractivity contribution in [3.63, 3.8) is 0 Å². The number of carbonyl (C=O) groups excluding carboxylic acids is 1. The Bertz CT molecular complexity index is 1170. The van der Waals surface area contributed by atoms with E-state index >= 15 is 0 Å². The summed E-state index contributed by atoms with van der Waals surface area (Å²) in [5, 5.41) is 19.3. The third-order valence-electron chi connectivity index (χ3n) is 5.97. The SMILES string of the molecule is CCC(CC)(NC(=O)Cc1ccc2ccc3cccc4ccc1c2c34)C(=O)O. The van der Waals surface area contributed by atoms with Crippen LogP contribution in [0.2, 0.25) is 0 Å². The molecule has 0 saturated carbocycles. The molecule has 0 aromatic heterocycles. The molecule has 4 rings (SSSR count). The fraction of sp³-hybridized carbons (Fsp3) is 0.250. The fourth-order valence-electron chi connectivity index (χ4n) is 4.22. The van der Waals surface area contributed by atoms with Crippen molar-refractivity contribution in [3.8, 4) is 0 Å². The average Bonchev–Trinajstić information content (AvgIpc) is 2.71. The van der Waals surface area contributed by atoms with Crippen LogP contribution in [-0.4, -0.2) is 22.5 Å². The molecule has 4 aromatic carbocycles. The van der Waals surface area contributed by atoms with E-state index in [1.165, 1.54) is 16.2 Å². The van der Waals surface area contributed by atoms with Crippen LogP contribution in [-0.2, 0) is 16.0 Å². The molecule has 0 aliphatic heterocycles. The molecule has 4 heteroatoms. The van der Waals surface area contributed by atoms with E-state index in [1.54, 1.807) is 13.8 Å². The van der Waals surface area contributed by atoms with Crippen LogP contribution in [0.1, 0.15) is 32.3 Å². The monoisotopic (exact) mass is 373 g/mol. The third kappa shape index (κ3) is 2.76. The Morgan fingerprint density at radius 1 is 0.857 bits per heavy atom. The molecule has 0 spiro atoms. The largest absolute Gasteiger partial charge is 0.480 e.